The third-order valence-electron chi connectivity index (χ3n) is 20.0. The van der Waals surface area contributed by atoms with E-state index < -0.39 is 179 Å². The number of carbonyl (C=O) groups is 12. The van der Waals surface area contributed by atoms with Crippen LogP contribution in [0.25, 0.3) is 0 Å². The fraction of sp³-hybridized carbons (Fsp3) is 0.647. The van der Waals surface area contributed by atoms with Gasteiger partial charge in [-0.15, -0.1) is 0 Å². The molecule has 0 radical (unpaired) electrons. The number of benzene rings is 2. The lowest BCUT2D eigenvalue weighted by Gasteiger charge is -2.42. The third-order valence-corrected chi connectivity index (χ3v) is 20.3. The van der Waals surface area contributed by atoms with Crippen LogP contribution in [0.1, 0.15) is 135 Å². The topological polar surface area (TPSA) is 270 Å². The van der Waals surface area contributed by atoms with Gasteiger partial charge in [0.15, 0.2) is 0 Å². The number of fused-ring (bicyclic) bond motifs is 1. The van der Waals surface area contributed by atoms with Crippen LogP contribution in [0.3, 0.4) is 0 Å². The van der Waals surface area contributed by atoms with Gasteiger partial charge in [0, 0.05) is 75.4 Å². The number of hydrogen-bond donors (Lipinski definition) is 3. The first-order chi connectivity index (χ1) is 45.5. The largest absolute Gasteiger partial charge is 0.417 e. The van der Waals surface area contributed by atoms with Crippen molar-refractivity contribution in [1.29, 1.82) is 0 Å². The smallest absolute Gasteiger partial charge is 0.343 e. The highest BCUT2D eigenvalue weighted by Crippen LogP contribution is 2.37. The molecule has 3 saturated heterocycles. The van der Waals surface area contributed by atoms with Gasteiger partial charge in [-0.05, 0) is 119 Å². The lowest BCUT2D eigenvalue weighted by atomic mass is 9.91. The molecule has 1 aliphatic carbocycles. The second-order valence-electron chi connectivity index (χ2n) is 27.0. The number of piperidine rings is 1. The number of halogens is 5. The zero-order chi connectivity index (χ0) is 72.3. The van der Waals surface area contributed by atoms with Gasteiger partial charge in [-0.25, -0.2) is 4.39 Å². The van der Waals surface area contributed by atoms with E-state index in [9.17, 15) is 60.7 Å². The Kier molecular flexibility index (Phi) is 27.0. The second kappa shape index (κ2) is 33.6. The maximum Gasteiger partial charge on any atom is 0.417 e. The number of nitrogens with zero attached hydrogens (tertiary/aromatic N) is 9. The molecule has 3 aliphatic heterocycles. The summed E-state index contributed by atoms with van der Waals surface area (Å²) in [6.45, 7) is 9.14. The Bertz CT molecular complexity index is 3240. The van der Waals surface area contributed by atoms with Crippen LogP contribution >= 0.6 is 11.6 Å². The van der Waals surface area contributed by atoms with Crippen molar-refractivity contribution in [3.05, 3.63) is 70.0 Å². The summed E-state index contributed by atoms with van der Waals surface area (Å²) in [6, 6.07) is -2.64. The van der Waals surface area contributed by atoms with Crippen molar-refractivity contribution in [2.45, 2.75) is 191 Å². The molecule has 1 spiro atoms. The number of likely N-dealkylation sites (tertiary alicyclic amines) is 1. The van der Waals surface area contributed by atoms with Crippen molar-refractivity contribution < 1.29 is 75.1 Å². The van der Waals surface area contributed by atoms with Crippen molar-refractivity contribution in [3.8, 4) is 0 Å². The van der Waals surface area contributed by atoms with E-state index in [2.05, 4.69) is 16.0 Å². The van der Waals surface area contributed by atoms with E-state index in [1.807, 2.05) is 0 Å². The zero-order valence-electron chi connectivity index (χ0n) is 58.1. The first-order valence-corrected chi connectivity index (χ1v) is 33.8. The average Bonchev–Trinajstić information content (AvgIpc) is 1.55. The molecule has 0 unspecified atom stereocenters. The van der Waals surface area contributed by atoms with Crippen molar-refractivity contribution in [3.63, 3.8) is 0 Å². The maximum absolute atomic E-state index is 15.3. The van der Waals surface area contributed by atoms with Gasteiger partial charge in [-0.1, -0.05) is 76.8 Å². The fourth-order valence-corrected chi connectivity index (χ4v) is 13.5. The molecular formula is C68H97ClF4N12O12. The molecule has 1 saturated carbocycles. The van der Waals surface area contributed by atoms with Crippen molar-refractivity contribution in [1.82, 2.24) is 60.0 Å². The van der Waals surface area contributed by atoms with Gasteiger partial charge in [0.05, 0.1) is 30.1 Å². The quantitative estimate of drug-likeness (QED) is 0.297. The van der Waals surface area contributed by atoms with Crippen molar-refractivity contribution in [2.75, 3.05) is 82.1 Å². The fourth-order valence-electron chi connectivity index (χ4n) is 13.1. The second-order valence-corrected chi connectivity index (χ2v) is 27.4. The molecule has 536 valence electrons. The summed E-state index contributed by atoms with van der Waals surface area (Å²) in [5.41, 5.74) is -2.06. The molecule has 4 aliphatic rings. The molecule has 6 rings (SSSR count). The molecule has 9 atom stereocenters. The number of nitrogens with one attached hydrogen (secondary N) is 3. The highest BCUT2D eigenvalue weighted by molar-refractivity contribution is 6.31. The number of rotatable bonds is 9. The minimum atomic E-state index is -4.79. The lowest BCUT2D eigenvalue weighted by molar-refractivity contribution is -0.156. The van der Waals surface area contributed by atoms with Crippen LogP contribution in [0.2, 0.25) is 5.02 Å². The number of carbonyl (C=O) groups excluding carboxylic acids is 12. The summed E-state index contributed by atoms with van der Waals surface area (Å²) in [5, 5.41) is 7.86. The number of alkyl halides is 3. The van der Waals surface area contributed by atoms with E-state index in [0.29, 0.717) is 50.8 Å². The molecule has 29 heteroatoms. The van der Waals surface area contributed by atoms with Crippen LogP contribution in [0.5, 0.6) is 0 Å². The Morgan fingerprint density at radius 2 is 1.23 bits per heavy atom. The average molecular weight is 1390 g/mol. The van der Waals surface area contributed by atoms with E-state index in [-0.39, 0.29) is 57.1 Å². The summed E-state index contributed by atoms with van der Waals surface area (Å²) in [6.07, 6.45) is -1.85. The van der Waals surface area contributed by atoms with E-state index in [4.69, 9.17) is 11.6 Å². The Hall–Kier alpha value is -7.91. The number of amides is 12. The summed E-state index contributed by atoms with van der Waals surface area (Å²) < 4.78 is 55.8. The van der Waals surface area contributed by atoms with Gasteiger partial charge in [0.2, 0.25) is 70.9 Å². The van der Waals surface area contributed by atoms with E-state index in [1.54, 1.807) is 32.6 Å². The van der Waals surface area contributed by atoms with Crippen LogP contribution in [0.4, 0.5) is 17.6 Å². The van der Waals surface area contributed by atoms with Crippen molar-refractivity contribution >= 4 is 82.5 Å². The van der Waals surface area contributed by atoms with E-state index >= 15 is 14.4 Å². The SMILES string of the molecule is CC[C@H](C)[C@@H]1NC(=O)[C@H](C)N(C)C(=O)C[C@@H](C(=O)N2CCCCC2)N(C)C(=O)[C@H](C(C)C)N(C)C(=O)C2(CCCC2)NC(=O)[C@@H]2CCCN2C(=O)[C@H](CCc2ccc(C(F)(F)F)c(Cl)c2)NC(=O)[C@@H](C)N(C)C(=O)[C@H](Cc2ccc(F)cc2)N(C)C(=O)CN(C)C(=O)CN(C)C1=O. The molecule has 12 amide bonds. The van der Waals surface area contributed by atoms with Crippen LogP contribution in [0.15, 0.2) is 42.5 Å². The molecule has 2 aromatic rings. The van der Waals surface area contributed by atoms with Gasteiger partial charge in [-0.2, -0.15) is 13.2 Å². The van der Waals surface area contributed by atoms with E-state index in [0.717, 1.165) is 60.1 Å². The predicted octanol–water partition coefficient (Wildman–Crippen LogP) is 4.27. The van der Waals surface area contributed by atoms with Crippen LogP contribution in [-0.4, -0.2) is 251 Å². The molecule has 24 nitrogen and oxygen atoms in total. The Morgan fingerprint density at radius 3 is 1.81 bits per heavy atom. The number of likely N-dealkylation sites (N-methyl/N-ethyl adjacent to an activating group) is 7. The molecule has 3 N–H and O–H groups in total. The lowest BCUT2D eigenvalue weighted by Crippen LogP contribution is -2.65. The van der Waals surface area contributed by atoms with Gasteiger partial charge in [0.25, 0.3) is 0 Å². The molecule has 0 bridgehead atoms. The molecule has 2 aromatic carbocycles. The van der Waals surface area contributed by atoms with Gasteiger partial charge < -0.3 is 60.0 Å². The number of aryl methyl sites for hydroxylation is 1. The molecule has 0 aromatic heterocycles. The van der Waals surface area contributed by atoms with Crippen molar-refractivity contribution in [2.24, 2.45) is 11.8 Å². The highest BCUT2D eigenvalue weighted by atomic mass is 35.5. The summed E-state index contributed by atoms with van der Waals surface area (Å²) in [4.78, 5) is 187. The summed E-state index contributed by atoms with van der Waals surface area (Å²) in [5.74, 6) is -10.5. The molecule has 3 heterocycles. The predicted molar refractivity (Wildman–Crippen MR) is 352 cm³/mol. The van der Waals surface area contributed by atoms with Crippen LogP contribution in [0, 0.1) is 17.7 Å². The first-order valence-electron chi connectivity index (χ1n) is 33.4. The normalized spacial score (nSPS) is 25.8. The molecule has 4 fully saturated rings. The standard InChI is InChI=1S/C68H97ClF4N12O12/c1-14-41(4)56-64(95)78(8)38-54(87)77(7)39-55(88)81(11)51(36-45-22-26-46(70)27-23-45)62(93)80(10)43(6)58(89)74-49(29-25-44-24-28-47(48(69)35-44)68(71,72)73)61(92)85-34-20-21-50(85)60(91)76-67(30-16-17-31-67)66(97)83(13)57(40(2)3)65(96)82(12)52(63(94)84-32-18-15-19-33-84)37-53(86)79(9)42(5)59(90)75-56/h22-24,26-28,35,40-43,49-52,56-57H,14-21,25,29-34,36-39H2,1-13H3,(H,74,89)(H,75,90)(H,76,91)/t41-,42-,43+,49-,50-,51-,52-,56-,57-/m0/s1. The Balaban J connectivity index is 1.42. The first kappa shape index (κ1) is 78.1. The van der Waals surface area contributed by atoms with Gasteiger partial charge >= 0.3 is 6.18 Å². The van der Waals surface area contributed by atoms with Crippen LogP contribution in [-0.2, 0) is 76.6 Å². The molecular weight excluding hydrogens is 1290 g/mol. The van der Waals surface area contributed by atoms with Gasteiger partial charge in [-0.3, -0.25) is 57.5 Å². The minimum absolute atomic E-state index is 0.0120. The minimum Gasteiger partial charge on any atom is -0.343 e. The Labute approximate surface area is 570 Å². The van der Waals surface area contributed by atoms with E-state index in [1.165, 1.54) is 91.2 Å². The maximum atomic E-state index is 15.3. The summed E-state index contributed by atoms with van der Waals surface area (Å²) >= 11 is 6.13. The monoisotopic (exact) mass is 1380 g/mol. The number of hydrogen-bond acceptors (Lipinski definition) is 12. The molecule has 97 heavy (non-hydrogen) atoms. The van der Waals surface area contributed by atoms with Gasteiger partial charge in [0.1, 0.15) is 59.7 Å². The summed E-state index contributed by atoms with van der Waals surface area (Å²) in [7, 11) is 9.35. The highest BCUT2D eigenvalue weighted by Gasteiger charge is 2.51. The zero-order valence-corrected chi connectivity index (χ0v) is 58.8. The Morgan fingerprint density at radius 1 is 0.639 bits per heavy atom. The third kappa shape index (κ3) is 18.9. The van der Waals surface area contributed by atoms with Crippen LogP contribution < -0.4 is 16.0 Å².